The summed E-state index contributed by atoms with van der Waals surface area (Å²) in [6.07, 6.45) is 0.405. The smallest absolute Gasteiger partial charge is 0.234 e. The molecular formula is C11H9N3O2. The fourth-order valence-electron chi connectivity index (χ4n) is 1.68. The minimum atomic E-state index is -0.272. The van der Waals surface area contributed by atoms with Crippen LogP contribution in [0.15, 0.2) is 18.2 Å². The molecule has 1 aromatic carbocycles. The first-order chi connectivity index (χ1) is 7.63. The van der Waals surface area contributed by atoms with Gasteiger partial charge in [0.25, 0.3) is 0 Å². The first kappa shape index (κ1) is 10.2. The predicted octanol–water partition coefficient (Wildman–Crippen LogP) is 0.794. The van der Waals surface area contributed by atoms with Gasteiger partial charge in [-0.05, 0) is 18.2 Å². The van der Waals surface area contributed by atoms with Crippen LogP contribution in [0.4, 0.5) is 11.4 Å². The van der Waals surface area contributed by atoms with Gasteiger partial charge in [-0.1, -0.05) is 0 Å². The van der Waals surface area contributed by atoms with E-state index in [1.807, 2.05) is 6.07 Å². The van der Waals surface area contributed by atoms with Gasteiger partial charge in [-0.15, -0.1) is 0 Å². The van der Waals surface area contributed by atoms with Crippen LogP contribution in [0.1, 0.15) is 18.4 Å². The van der Waals surface area contributed by atoms with E-state index in [-0.39, 0.29) is 30.2 Å². The lowest BCUT2D eigenvalue weighted by Gasteiger charge is -2.15. The van der Waals surface area contributed by atoms with Crippen LogP contribution >= 0.6 is 0 Å². The lowest BCUT2D eigenvalue weighted by Crippen LogP contribution is -2.29. The van der Waals surface area contributed by atoms with Gasteiger partial charge in [0.15, 0.2) is 0 Å². The summed E-state index contributed by atoms with van der Waals surface area (Å²) in [5, 5.41) is 8.92. The van der Waals surface area contributed by atoms with Crippen molar-refractivity contribution in [1.82, 2.24) is 0 Å². The standard InChI is InChI=1S/C11H9N3O2/c12-6-7-5-8(13)1-2-9(7)14-10(15)3-4-11(14)16/h1-2,5H,3-4,13H2. The first-order valence-corrected chi connectivity index (χ1v) is 4.79. The molecule has 5 heteroatoms. The number of nitrogen functional groups attached to an aromatic ring is 1. The number of nitriles is 1. The maximum Gasteiger partial charge on any atom is 0.234 e. The van der Waals surface area contributed by atoms with Gasteiger partial charge in [-0.25, -0.2) is 4.90 Å². The van der Waals surface area contributed by atoms with Crippen LogP contribution in [0.2, 0.25) is 0 Å². The van der Waals surface area contributed by atoms with Gasteiger partial charge in [0, 0.05) is 18.5 Å². The minimum absolute atomic E-state index is 0.202. The fraction of sp³-hybridized carbons (Fsp3) is 0.182. The molecule has 1 aliphatic rings. The van der Waals surface area contributed by atoms with Crippen LogP contribution < -0.4 is 10.6 Å². The van der Waals surface area contributed by atoms with Crippen LogP contribution in [0.3, 0.4) is 0 Å². The molecule has 1 aromatic rings. The topological polar surface area (TPSA) is 87.2 Å². The van der Waals surface area contributed by atoms with Gasteiger partial charge in [-0.3, -0.25) is 9.59 Å². The van der Waals surface area contributed by atoms with Crippen molar-refractivity contribution in [1.29, 1.82) is 5.26 Å². The maximum atomic E-state index is 11.5. The van der Waals surface area contributed by atoms with Gasteiger partial charge < -0.3 is 5.73 Å². The van der Waals surface area contributed by atoms with Crippen molar-refractivity contribution in [3.63, 3.8) is 0 Å². The van der Waals surface area contributed by atoms with E-state index in [4.69, 9.17) is 11.0 Å². The number of nitrogens with zero attached hydrogens (tertiary/aromatic N) is 2. The second-order valence-corrected chi connectivity index (χ2v) is 3.51. The zero-order chi connectivity index (χ0) is 11.7. The Labute approximate surface area is 92.1 Å². The van der Waals surface area contributed by atoms with E-state index in [0.29, 0.717) is 11.4 Å². The summed E-state index contributed by atoms with van der Waals surface area (Å²) in [5.74, 6) is -0.544. The zero-order valence-electron chi connectivity index (χ0n) is 8.43. The summed E-state index contributed by atoms with van der Waals surface area (Å²) in [5.41, 5.74) is 6.52. The van der Waals surface area contributed by atoms with E-state index < -0.39 is 0 Å². The number of benzene rings is 1. The van der Waals surface area contributed by atoms with E-state index in [1.54, 1.807) is 6.07 Å². The molecule has 1 aliphatic heterocycles. The van der Waals surface area contributed by atoms with Crippen molar-refractivity contribution in [2.24, 2.45) is 0 Å². The summed E-state index contributed by atoms with van der Waals surface area (Å²) < 4.78 is 0. The van der Waals surface area contributed by atoms with Crippen LogP contribution in [0.5, 0.6) is 0 Å². The number of hydrogen-bond acceptors (Lipinski definition) is 4. The van der Waals surface area contributed by atoms with Crippen LogP contribution in [-0.4, -0.2) is 11.8 Å². The van der Waals surface area contributed by atoms with Gasteiger partial charge >= 0.3 is 0 Å². The Morgan fingerprint density at radius 2 is 1.88 bits per heavy atom. The molecule has 2 rings (SSSR count). The Morgan fingerprint density at radius 3 is 2.44 bits per heavy atom. The molecule has 0 spiro atoms. The number of carbonyl (C=O) groups excluding carboxylic acids is 2. The lowest BCUT2D eigenvalue weighted by atomic mass is 10.1. The molecule has 0 radical (unpaired) electrons. The second-order valence-electron chi connectivity index (χ2n) is 3.51. The first-order valence-electron chi connectivity index (χ1n) is 4.79. The predicted molar refractivity (Wildman–Crippen MR) is 57.3 cm³/mol. The number of amides is 2. The molecule has 1 saturated heterocycles. The van der Waals surface area contributed by atoms with E-state index in [1.165, 1.54) is 12.1 Å². The molecule has 1 heterocycles. The third-order valence-electron chi connectivity index (χ3n) is 2.43. The molecule has 80 valence electrons. The Kier molecular flexibility index (Phi) is 2.33. The van der Waals surface area contributed by atoms with Gasteiger partial charge in [0.05, 0.1) is 11.3 Å². The third-order valence-corrected chi connectivity index (χ3v) is 2.43. The molecule has 16 heavy (non-hydrogen) atoms. The highest BCUT2D eigenvalue weighted by Gasteiger charge is 2.31. The molecule has 2 amide bonds. The molecule has 0 aliphatic carbocycles. The summed E-state index contributed by atoms with van der Waals surface area (Å²) in [7, 11) is 0. The Bertz CT molecular complexity index is 500. The number of imide groups is 1. The summed E-state index contributed by atoms with van der Waals surface area (Å²) in [4.78, 5) is 24.1. The van der Waals surface area contributed by atoms with Gasteiger partial charge in [-0.2, -0.15) is 5.26 Å². The monoisotopic (exact) mass is 215 g/mol. The largest absolute Gasteiger partial charge is 0.399 e. The molecule has 5 nitrogen and oxygen atoms in total. The summed E-state index contributed by atoms with van der Waals surface area (Å²) in [6, 6.07) is 6.47. The molecule has 1 fully saturated rings. The Balaban J connectivity index is 2.52. The van der Waals surface area contributed by atoms with Crippen LogP contribution in [0, 0.1) is 11.3 Å². The average molecular weight is 215 g/mol. The zero-order valence-corrected chi connectivity index (χ0v) is 8.43. The van der Waals surface area contributed by atoms with Gasteiger partial charge in [0.2, 0.25) is 11.8 Å². The molecule has 0 saturated carbocycles. The molecule has 0 unspecified atom stereocenters. The molecular weight excluding hydrogens is 206 g/mol. The second kappa shape index (κ2) is 3.66. The molecule has 0 aromatic heterocycles. The lowest BCUT2D eigenvalue weighted by molar-refractivity contribution is -0.121. The van der Waals surface area contributed by atoms with Crippen LogP contribution in [0.25, 0.3) is 0 Å². The number of anilines is 2. The summed E-state index contributed by atoms with van der Waals surface area (Å²) >= 11 is 0. The van der Waals surface area contributed by atoms with E-state index in [0.717, 1.165) is 4.90 Å². The number of carbonyl (C=O) groups is 2. The van der Waals surface area contributed by atoms with E-state index in [2.05, 4.69) is 0 Å². The normalized spacial score (nSPS) is 15.3. The highest BCUT2D eigenvalue weighted by Crippen LogP contribution is 2.27. The van der Waals surface area contributed by atoms with Crippen molar-refractivity contribution in [3.05, 3.63) is 23.8 Å². The molecule has 0 bridgehead atoms. The number of nitrogens with two attached hydrogens (primary N) is 1. The van der Waals surface area contributed by atoms with Gasteiger partial charge in [0.1, 0.15) is 6.07 Å². The maximum absolute atomic E-state index is 11.5. The van der Waals surface area contributed by atoms with Crippen molar-refractivity contribution < 1.29 is 9.59 Å². The van der Waals surface area contributed by atoms with Crippen molar-refractivity contribution in [2.75, 3.05) is 10.6 Å². The highest BCUT2D eigenvalue weighted by atomic mass is 16.2. The number of rotatable bonds is 1. The number of hydrogen-bond donors (Lipinski definition) is 1. The SMILES string of the molecule is N#Cc1cc(N)ccc1N1C(=O)CCC1=O. The minimum Gasteiger partial charge on any atom is -0.399 e. The summed E-state index contributed by atoms with van der Waals surface area (Å²) in [6.45, 7) is 0. The Hall–Kier alpha value is -2.35. The molecule has 2 N–H and O–H groups in total. The fourth-order valence-corrected chi connectivity index (χ4v) is 1.68. The third kappa shape index (κ3) is 1.50. The average Bonchev–Trinajstić information content (AvgIpc) is 2.59. The quantitative estimate of drug-likeness (QED) is 0.554. The van der Waals surface area contributed by atoms with Crippen molar-refractivity contribution >= 4 is 23.2 Å². The van der Waals surface area contributed by atoms with E-state index >= 15 is 0 Å². The molecule has 0 atom stereocenters. The van der Waals surface area contributed by atoms with Crippen molar-refractivity contribution in [2.45, 2.75) is 12.8 Å². The Morgan fingerprint density at radius 1 is 1.25 bits per heavy atom. The van der Waals surface area contributed by atoms with Crippen molar-refractivity contribution in [3.8, 4) is 6.07 Å². The van der Waals surface area contributed by atoms with E-state index in [9.17, 15) is 9.59 Å². The highest BCUT2D eigenvalue weighted by molar-refractivity contribution is 6.20. The van der Waals surface area contributed by atoms with Crippen LogP contribution in [-0.2, 0) is 9.59 Å².